The van der Waals surface area contributed by atoms with E-state index in [4.69, 9.17) is 14.2 Å². The molecule has 0 aromatic heterocycles. The van der Waals surface area contributed by atoms with E-state index in [9.17, 15) is 9.59 Å². The van der Waals surface area contributed by atoms with Crippen molar-refractivity contribution in [3.05, 3.63) is 47.5 Å². The highest BCUT2D eigenvalue weighted by Gasteiger charge is 2.57. The molecule has 6 rings (SSSR count). The van der Waals surface area contributed by atoms with E-state index in [-0.39, 0.29) is 31.1 Å². The number of fused-ring (bicyclic) bond motifs is 5. The molecule has 4 heterocycles. The molecule has 2 atom stereocenters. The molecular weight excluding hydrogens is 384 g/mol. The van der Waals surface area contributed by atoms with Gasteiger partial charge in [0.1, 0.15) is 23.5 Å². The summed E-state index contributed by atoms with van der Waals surface area (Å²) in [5.41, 5.74) is 2.43. The third-order valence-electron chi connectivity index (χ3n) is 6.73. The van der Waals surface area contributed by atoms with Gasteiger partial charge in [-0.05, 0) is 30.5 Å². The van der Waals surface area contributed by atoms with Crippen LogP contribution in [-0.2, 0) is 19.7 Å². The van der Waals surface area contributed by atoms with Crippen LogP contribution in [-0.4, -0.2) is 51.3 Å². The number of rotatable bonds is 2. The van der Waals surface area contributed by atoms with Crippen molar-refractivity contribution in [3.8, 4) is 11.5 Å². The fourth-order valence-electron chi connectivity index (χ4n) is 5.11. The van der Waals surface area contributed by atoms with Crippen LogP contribution in [0.1, 0.15) is 24.0 Å². The van der Waals surface area contributed by atoms with E-state index in [1.165, 1.54) is 0 Å². The summed E-state index contributed by atoms with van der Waals surface area (Å²) >= 11 is 0. The van der Waals surface area contributed by atoms with Crippen molar-refractivity contribution in [1.29, 1.82) is 0 Å². The number of carbonyl (C=O) groups excluding carboxylic acids is 2. The molecule has 1 fully saturated rings. The number of benzene rings is 2. The van der Waals surface area contributed by atoms with Crippen molar-refractivity contribution in [2.24, 2.45) is 0 Å². The van der Waals surface area contributed by atoms with Crippen LogP contribution in [0.25, 0.3) is 0 Å². The lowest BCUT2D eigenvalue weighted by Gasteiger charge is -2.28. The van der Waals surface area contributed by atoms with Gasteiger partial charge in [-0.1, -0.05) is 18.2 Å². The second-order valence-corrected chi connectivity index (χ2v) is 8.32. The summed E-state index contributed by atoms with van der Waals surface area (Å²) in [6.07, 6.45) is 2.06. The molecule has 154 valence electrons. The lowest BCUT2D eigenvalue weighted by Crippen LogP contribution is -2.45. The Morgan fingerprint density at radius 2 is 1.93 bits per heavy atom. The number of anilines is 2. The van der Waals surface area contributed by atoms with Crippen LogP contribution in [0.15, 0.2) is 36.4 Å². The highest BCUT2D eigenvalue weighted by molar-refractivity contribution is 6.12. The van der Waals surface area contributed by atoms with Crippen molar-refractivity contribution >= 4 is 23.2 Å². The van der Waals surface area contributed by atoms with E-state index >= 15 is 0 Å². The van der Waals surface area contributed by atoms with Gasteiger partial charge in [-0.25, -0.2) is 0 Å². The molecule has 2 amide bonds. The van der Waals surface area contributed by atoms with Crippen LogP contribution < -0.4 is 19.3 Å². The Hall–Kier alpha value is -3.06. The molecule has 1 saturated heterocycles. The average Bonchev–Trinajstić information content (AvgIpc) is 3.46. The summed E-state index contributed by atoms with van der Waals surface area (Å²) in [5, 5.41) is 0. The number of hydrogen-bond donors (Lipinski definition) is 0. The highest BCUT2D eigenvalue weighted by Crippen LogP contribution is 2.54. The number of ether oxygens (including phenoxy) is 3. The van der Waals surface area contributed by atoms with Gasteiger partial charge in [0.2, 0.25) is 5.91 Å². The fraction of sp³-hybridized carbons (Fsp3) is 0.391. The molecule has 0 aliphatic carbocycles. The molecule has 2 aromatic carbocycles. The summed E-state index contributed by atoms with van der Waals surface area (Å²) in [6.45, 7) is 1.53. The van der Waals surface area contributed by atoms with Crippen LogP contribution in [0, 0.1) is 0 Å². The first-order chi connectivity index (χ1) is 14.6. The number of hydrogen-bond acceptors (Lipinski definition) is 5. The number of likely N-dealkylation sites (N-methyl/N-ethyl adjacent to an activating group) is 1. The Bertz CT molecular complexity index is 1080. The van der Waals surface area contributed by atoms with Gasteiger partial charge in [0.25, 0.3) is 5.91 Å². The van der Waals surface area contributed by atoms with Gasteiger partial charge < -0.3 is 24.0 Å². The predicted molar refractivity (Wildman–Crippen MR) is 109 cm³/mol. The molecule has 0 N–H and O–H groups in total. The zero-order chi connectivity index (χ0) is 20.5. The van der Waals surface area contributed by atoms with E-state index in [1.54, 1.807) is 11.9 Å². The van der Waals surface area contributed by atoms with Crippen LogP contribution in [0.3, 0.4) is 0 Å². The van der Waals surface area contributed by atoms with E-state index < -0.39 is 5.41 Å². The topological polar surface area (TPSA) is 68.3 Å². The minimum absolute atomic E-state index is 0.00811. The minimum Gasteiger partial charge on any atom is -0.491 e. The lowest BCUT2D eigenvalue weighted by atomic mass is 9.77. The molecule has 2 aromatic rings. The molecule has 0 radical (unpaired) electrons. The van der Waals surface area contributed by atoms with Gasteiger partial charge in [-0.3, -0.25) is 9.59 Å². The minimum atomic E-state index is -0.900. The van der Waals surface area contributed by atoms with Crippen LogP contribution >= 0.6 is 0 Å². The Labute approximate surface area is 174 Å². The Balaban J connectivity index is 1.48. The predicted octanol–water partition coefficient (Wildman–Crippen LogP) is 2.25. The van der Waals surface area contributed by atoms with Gasteiger partial charge in [0.15, 0.2) is 6.61 Å². The van der Waals surface area contributed by atoms with E-state index in [0.717, 1.165) is 36.3 Å². The zero-order valence-corrected chi connectivity index (χ0v) is 16.7. The maximum atomic E-state index is 13.9. The molecule has 4 aliphatic heterocycles. The Kier molecular flexibility index (Phi) is 3.68. The maximum Gasteiger partial charge on any atom is 0.264 e. The van der Waals surface area contributed by atoms with Gasteiger partial charge in [-0.15, -0.1) is 0 Å². The molecule has 7 heteroatoms. The number of para-hydroxylation sites is 1. The lowest BCUT2D eigenvalue weighted by molar-refractivity contribution is -0.122. The van der Waals surface area contributed by atoms with E-state index in [2.05, 4.69) is 0 Å². The molecule has 30 heavy (non-hydrogen) atoms. The normalized spacial score (nSPS) is 26.5. The molecule has 1 unspecified atom stereocenters. The van der Waals surface area contributed by atoms with Crippen molar-refractivity contribution in [2.75, 3.05) is 43.2 Å². The molecule has 0 saturated carbocycles. The first kappa shape index (κ1) is 17.8. The molecular formula is C23H22N2O5. The molecule has 1 spiro atoms. The number of carbonyl (C=O) groups is 2. The van der Waals surface area contributed by atoms with E-state index in [1.807, 2.05) is 41.3 Å². The zero-order valence-electron chi connectivity index (χ0n) is 16.7. The van der Waals surface area contributed by atoms with Crippen molar-refractivity contribution in [1.82, 2.24) is 0 Å². The molecule has 4 aliphatic rings. The summed E-state index contributed by atoms with van der Waals surface area (Å²) in [5.74, 6) is 1.13. The van der Waals surface area contributed by atoms with Gasteiger partial charge in [0.05, 0.1) is 18.3 Å². The second kappa shape index (κ2) is 6.22. The van der Waals surface area contributed by atoms with Crippen molar-refractivity contribution < 1.29 is 23.8 Å². The SMILES string of the molecule is CN1C(=O)COc2cc3c(cc21)OCC31C(=O)N(C[C@H]2CCCO2)c2ccccc21. The summed E-state index contributed by atoms with van der Waals surface area (Å²) in [6, 6.07) is 11.6. The monoisotopic (exact) mass is 406 g/mol. The second-order valence-electron chi connectivity index (χ2n) is 8.32. The summed E-state index contributed by atoms with van der Waals surface area (Å²) in [4.78, 5) is 29.4. The number of nitrogens with zero attached hydrogens (tertiary/aromatic N) is 2. The first-order valence-corrected chi connectivity index (χ1v) is 10.3. The Morgan fingerprint density at radius 1 is 1.07 bits per heavy atom. The first-order valence-electron chi connectivity index (χ1n) is 10.3. The quantitative estimate of drug-likeness (QED) is 0.765. The van der Waals surface area contributed by atoms with Crippen molar-refractivity contribution in [2.45, 2.75) is 24.4 Å². The van der Waals surface area contributed by atoms with Crippen molar-refractivity contribution in [3.63, 3.8) is 0 Å². The fourth-order valence-corrected chi connectivity index (χ4v) is 5.11. The summed E-state index contributed by atoms with van der Waals surface area (Å²) < 4.78 is 17.6. The van der Waals surface area contributed by atoms with E-state index in [0.29, 0.717) is 23.7 Å². The molecule has 7 nitrogen and oxygen atoms in total. The van der Waals surface area contributed by atoms with Gasteiger partial charge in [-0.2, -0.15) is 0 Å². The largest absolute Gasteiger partial charge is 0.491 e. The smallest absolute Gasteiger partial charge is 0.264 e. The third kappa shape index (κ3) is 2.24. The van der Waals surface area contributed by atoms with Crippen LogP contribution in [0.2, 0.25) is 0 Å². The third-order valence-corrected chi connectivity index (χ3v) is 6.73. The highest BCUT2D eigenvalue weighted by atomic mass is 16.5. The summed E-state index contributed by atoms with van der Waals surface area (Å²) in [7, 11) is 1.72. The molecule has 0 bridgehead atoms. The number of amides is 2. The van der Waals surface area contributed by atoms with Crippen LogP contribution in [0.5, 0.6) is 11.5 Å². The van der Waals surface area contributed by atoms with Gasteiger partial charge >= 0.3 is 0 Å². The van der Waals surface area contributed by atoms with Gasteiger partial charge in [0, 0.05) is 31.0 Å². The Morgan fingerprint density at radius 3 is 2.77 bits per heavy atom. The average molecular weight is 406 g/mol. The standard InChI is InChI=1S/C23H22N2O5/c1-24-18-10-19-16(9-20(18)29-12-21(24)26)23(13-30-19)15-6-2-3-7-17(15)25(22(23)27)11-14-5-4-8-28-14/h2-3,6-7,9-10,14H,4-5,8,11-13H2,1H3/t14-,23?/m1/s1. The maximum absolute atomic E-state index is 13.9. The van der Waals surface area contributed by atoms with Crippen LogP contribution in [0.4, 0.5) is 11.4 Å².